The van der Waals surface area contributed by atoms with Gasteiger partial charge in [-0.25, -0.2) is 4.98 Å². The Balaban J connectivity index is 1.71. The van der Waals surface area contributed by atoms with Gasteiger partial charge in [0.05, 0.1) is 0 Å². The zero-order chi connectivity index (χ0) is 16.1. The molecule has 0 saturated carbocycles. The quantitative estimate of drug-likeness (QED) is 0.768. The van der Waals surface area contributed by atoms with Gasteiger partial charge >= 0.3 is 0 Å². The molecule has 1 N–H and O–H groups in total. The van der Waals surface area contributed by atoms with Crippen LogP contribution in [0.2, 0.25) is 0 Å². The lowest BCUT2D eigenvalue weighted by Gasteiger charge is -2.18. The molecule has 1 heterocycles. The zero-order valence-corrected chi connectivity index (χ0v) is 13.4. The summed E-state index contributed by atoms with van der Waals surface area (Å²) in [5.41, 5.74) is 3.56. The van der Waals surface area contributed by atoms with E-state index in [4.69, 9.17) is 0 Å². The summed E-state index contributed by atoms with van der Waals surface area (Å²) in [6.45, 7) is 2.79. The van der Waals surface area contributed by atoms with Crippen LogP contribution in [0.4, 0.5) is 17.5 Å². The van der Waals surface area contributed by atoms with Gasteiger partial charge in [0.2, 0.25) is 5.95 Å². The highest BCUT2D eigenvalue weighted by Crippen LogP contribution is 2.21. The van der Waals surface area contributed by atoms with Crippen molar-refractivity contribution in [1.82, 2.24) is 9.97 Å². The highest BCUT2D eigenvalue weighted by atomic mass is 15.2. The van der Waals surface area contributed by atoms with Crippen molar-refractivity contribution in [3.63, 3.8) is 0 Å². The first-order valence-electron chi connectivity index (χ1n) is 7.63. The number of hydrogen-bond donors (Lipinski definition) is 1. The van der Waals surface area contributed by atoms with Crippen molar-refractivity contribution in [1.29, 1.82) is 0 Å². The molecule has 0 unspecified atom stereocenters. The second kappa shape index (κ2) is 6.92. The van der Waals surface area contributed by atoms with Gasteiger partial charge in [-0.2, -0.15) is 4.98 Å². The molecular weight excluding hydrogens is 284 g/mol. The van der Waals surface area contributed by atoms with Crippen LogP contribution in [0.15, 0.2) is 66.9 Å². The molecule has 0 amide bonds. The Bertz CT molecular complexity index is 754. The normalized spacial score (nSPS) is 10.3. The van der Waals surface area contributed by atoms with Crippen molar-refractivity contribution in [2.75, 3.05) is 17.3 Å². The standard InChI is InChI=1S/C19H20N4/c1-15-8-10-16(11-9-15)14-21-19-20-13-12-18(22-19)23(2)17-6-4-3-5-7-17/h3-13H,14H2,1-2H3,(H,20,21,22). The lowest BCUT2D eigenvalue weighted by molar-refractivity contribution is 1.03. The highest BCUT2D eigenvalue weighted by Gasteiger charge is 2.06. The van der Waals surface area contributed by atoms with E-state index in [1.54, 1.807) is 6.20 Å². The number of rotatable bonds is 5. The Morgan fingerprint density at radius 1 is 0.957 bits per heavy atom. The number of nitrogens with one attached hydrogen (secondary N) is 1. The van der Waals surface area contributed by atoms with E-state index >= 15 is 0 Å². The molecule has 0 saturated heterocycles. The molecule has 0 aliphatic carbocycles. The third-order valence-corrected chi connectivity index (χ3v) is 3.70. The predicted molar refractivity (Wildman–Crippen MR) is 95.0 cm³/mol. The number of aryl methyl sites for hydroxylation is 1. The van der Waals surface area contributed by atoms with Crippen molar-refractivity contribution in [2.24, 2.45) is 0 Å². The number of nitrogens with zero attached hydrogens (tertiary/aromatic N) is 3. The van der Waals surface area contributed by atoms with Crippen molar-refractivity contribution >= 4 is 17.5 Å². The van der Waals surface area contributed by atoms with Gasteiger partial charge in [-0.1, -0.05) is 48.0 Å². The molecule has 0 aliphatic rings. The summed E-state index contributed by atoms with van der Waals surface area (Å²) < 4.78 is 0. The molecule has 4 heteroatoms. The zero-order valence-electron chi connectivity index (χ0n) is 13.4. The largest absolute Gasteiger partial charge is 0.350 e. The third-order valence-electron chi connectivity index (χ3n) is 3.70. The van der Waals surface area contributed by atoms with Crippen LogP contribution in [0.5, 0.6) is 0 Å². The minimum absolute atomic E-state index is 0.630. The number of hydrogen-bond acceptors (Lipinski definition) is 4. The number of aromatic nitrogens is 2. The van der Waals surface area contributed by atoms with Crippen LogP contribution in [0.1, 0.15) is 11.1 Å². The monoisotopic (exact) mass is 304 g/mol. The fourth-order valence-electron chi connectivity index (χ4n) is 2.29. The first kappa shape index (κ1) is 15.0. The molecule has 3 rings (SSSR count). The van der Waals surface area contributed by atoms with Crippen LogP contribution >= 0.6 is 0 Å². The Morgan fingerprint density at radius 2 is 1.70 bits per heavy atom. The summed E-state index contributed by atoms with van der Waals surface area (Å²) in [5.74, 6) is 1.49. The van der Waals surface area contributed by atoms with Crippen LogP contribution in [0, 0.1) is 6.92 Å². The van der Waals surface area contributed by atoms with Gasteiger partial charge < -0.3 is 10.2 Å². The second-order valence-electron chi connectivity index (χ2n) is 5.47. The van der Waals surface area contributed by atoms with E-state index in [1.807, 2.05) is 36.2 Å². The molecule has 0 spiro atoms. The minimum Gasteiger partial charge on any atom is -0.350 e. The molecule has 0 atom stereocenters. The molecule has 0 bridgehead atoms. The van der Waals surface area contributed by atoms with Crippen LogP contribution in [-0.4, -0.2) is 17.0 Å². The maximum absolute atomic E-state index is 4.59. The van der Waals surface area contributed by atoms with Crippen molar-refractivity contribution in [2.45, 2.75) is 13.5 Å². The molecule has 3 aromatic rings. The fraction of sp³-hybridized carbons (Fsp3) is 0.158. The molecular formula is C19H20N4. The first-order valence-corrected chi connectivity index (χ1v) is 7.63. The van der Waals surface area contributed by atoms with E-state index in [0.717, 1.165) is 11.5 Å². The van der Waals surface area contributed by atoms with Crippen LogP contribution in [0.25, 0.3) is 0 Å². The van der Waals surface area contributed by atoms with E-state index in [9.17, 15) is 0 Å². The molecule has 2 aromatic carbocycles. The van der Waals surface area contributed by atoms with E-state index < -0.39 is 0 Å². The Labute approximate surface area is 136 Å². The number of anilines is 3. The summed E-state index contributed by atoms with van der Waals surface area (Å²) >= 11 is 0. The lowest BCUT2D eigenvalue weighted by atomic mass is 10.1. The van der Waals surface area contributed by atoms with E-state index in [2.05, 4.69) is 58.6 Å². The first-order chi connectivity index (χ1) is 11.2. The number of benzene rings is 2. The topological polar surface area (TPSA) is 41.1 Å². The summed E-state index contributed by atoms with van der Waals surface area (Å²) in [7, 11) is 2.00. The summed E-state index contributed by atoms with van der Waals surface area (Å²) in [4.78, 5) is 10.9. The highest BCUT2D eigenvalue weighted by molar-refractivity contribution is 5.59. The molecule has 0 fully saturated rings. The van der Waals surface area contributed by atoms with Crippen molar-refractivity contribution < 1.29 is 0 Å². The summed E-state index contributed by atoms with van der Waals surface area (Å²) in [5, 5.41) is 3.28. The third kappa shape index (κ3) is 3.86. The Hall–Kier alpha value is -2.88. The molecule has 0 aliphatic heterocycles. The predicted octanol–water partition coefficient (Wildman–Crippen LogP) is 4.17. The number of para-hydroxylation sites is 1. The van der Waals surface area contributed by atoms with Gasteiger partial charge in [-0.15, -0.1) is 0 Å². The lowest BCUT2D eigenvalue weighted by Crippen LogP contribution is -2.13. The van der Waals surface area contributed by atoms with Crippen molar-refractivity contribution in [3.8, 4) is 0 Å². The maximum Gasteiger partial charge on any atom is 0.224 e. The maximum atomic E-state index is 4.59. The minimum atomic E-state index is 0.630. The average molecular weight is 304 g/mol. The van der Waals surface area contributed by atoms with Crippen LogP contribution < -0.4 is 10.2 Å². The molecule has 23 heavy (non-hydrogen) atoms. The van der Waals surface area contributed by atoms with E-state index in [-0.39, 0.29) is 0 Å². The van der Waals surface area contributed by atoms with Crippen LogP contribution in [-0.2, 0) is 6.54 Å². The second-order valence-corrected chi connectivity index (χ2v) is 5.47. The molecule has 4 nitrogen and oxygen atoms in total. The van der Waals surface area contributed by atoms with Crippen LogP contribution in [0.3, 0.4) is 0 Å². The van der Waals surface area contributed by atoms with Gasteiger partial charge in [-0.3, -0.25) is 0 Å². The molecule has 0 radical (unpaired) electrons. The van der Waals surface area contributed by atoms with Gasteiger partial charge in [0.1, 0.15) is 5.82 Å². The molecule has 116 valence electrons. The Morgan fingerprint density at radius 3 is 2.43 bits per heavy atom. The molecule has 1 aromatic heterocycles. The Kier molecular flexibility index (Phi) is 4.52. The van der Waals surface area contributed by atoms with Crippen molar-refractivity contribution in [3.05, 3.63) is 78.0 Å². The fourth-order valence-corrected chi connectivity index (χ4v) is 2.29. The van der Waals surface area contributed by atoms with Gasteiger partial charge in [0.15, 0.2) is 0 Å². The SMILES string of the molecule is Cc1ccc(CNc2nccc(N(C)c3ccccc3)n2)cc1. The smallest absolute Gasteiger partial charge is 0.224 e. The van der Waals surface area contributed by atoms with Gasteiger partial charge in [-0.05, 0) is 30.7 Å². The van der Waals surface area contributed by atoms with Gasteiger partial charge in [0, 0.05) is 25.5 Å². The van der Waals surface area contributed by atoms with E-state index in [0.29, 0.717) is 12.5 Å². The summed E-state index contributed by atoms with van der Waals surface area (Å²) in [6, 6.07) is 20.5. The summed E-state index contributed by atoms with van der Waals surface area (Å²) in [6.07, 6.45) is 1.78. The average Bonchev–Trinajstić information content (AvgIpc) is 2.61. The van der Waals surface area contributed by atoms with E-state index in [1.165, 1.54) is 11.1 Å². The van der Waals surface area contributed by atoms with Gasteiger partial charge in [0.25, 0.3) is 0 Å².